The fourth-order valence-electron chi connectivity index (χ4n) is 2.29. The van der Waals surface area contributed by atoms with Crippen LogP contribution in [0.1, 0.15) is 15.9 Å². The maximum absolute atomic E-state index is 12.4. The Morgan fingerprint density at radius 3 is 2.12 bits per heavy atom. The molecule has 3 aromatic rings. The zero-order chi connectivity index (χ0) is 16.4. The Labute approximate surface area is 182 Å². The zero-order valence-corrected chi connectivity index (χ0v) is 16.8. The maximum Gasteiger partial charge on any atom is 0.446 e. The molecule has 0 aromatic heterocycles. The van der Waals surface area contributed by atoms with E-state index in [0.29, 0.717) is 16.5 Å². The van der Waals surface area contributed by atoms with Gasteiger partial charge in [0.2, 0.25) is 0 Å². The van der Waals surface area contributed by atoms with Gasteiger partial charge < -0.3 is 4.18 Å². The first-order valence-electron chi connectivity index (χ1n) is 6.73. The molecule has 1 N–H and O–H groups in total. The SMILES string of the molecule is O=C(c1ccccc1)c1ccc2cc(OS(=O)(=O)O)ccc2c1.[K]. The third-order valence-corrected chi connectivity index (χ3v) is 3.71. The van der Waals surface area contributed by atoms with Gasteiger partial charge in [-0.2, -0.15) is 8.42 Å². The number of ketones is 1. The van der Waals surface area contributed by atoms with Crippen LogP contribution in [0.2, 0.25) is 0 Å². The summed E-state index contributed by atoms with van der Waals surface area (Å²) in [5.41, 5.74) is 1.13. The second-order valence-corrected chi connectivity index (χ2v) is 5.95. The van der Waals surface area contributed by atoms with E-state index in [1.807, 2.05) is 6.07 Å². The molecule has 3 aromatic carbocycles. The summed E-state index contributed by atoms with van der Waals surface area (Å²) in [4.78, 5) is 12.4. The van der Waals surface area contributed by atoms with E-state index in [-0.39, 0.29) is 62.9 Å². The molecule has 0 saturated carbocycles. The minimum Gasteiger partial charge on any atom is -0.362 e. The number of benzene rings is 3. The van der Waals surface area contributed by atoms with Crippen LogP contribution in [-0.4, -0.2) is 70.1 Å². The van der Waals surface area contributed by atoms with Gasteiger partial charge in [0.25, 0.3) is 0 Å². The van der Waals surface area contributed by atoms with E-state index in [2.05, 4.69) is 4.18 Å². The van der Waals surface area contributed by atoms with Gasteiger partial charge in [0.05, 0.1) is 0 Å². The van der Waals surface area contributed by atoms with E-state index in [1.165, 1.54) is 12.1 Å². The molecule has 0 fully saturated rings. The molecule has 0 atom stereocenters. The molecule has 5 nitrogen and oxygen atoms in total. The van der Waals surface area contributed by atoms with Crippen LogP contribution in [0.15, 0.2) is 66.7 Å². The fraction of sp³-hybridized carbons (Fsp3) is 0. The first-order valence-corrected chi connectivity index (χ1v) is 8.09. The predicted octanol–water partition coefficient (Wildman–Crippen LogP) is 2.87. The molecule has 0 amide bonds. The average Bonchev–Trinajstić information content (AvgIpc) is 2.53. The van der Waals surface area contributed by atoms with Gasteiger partial charge >= 0.3 is 10.4 Å². The van der Waals surface area contributed by atoms with Crippen LogP contribution in [-0.2, 0) is 10.4 Å². The van der Waals surface area contributed by atoms with Gasteiger partial charge in [0.15, 0.2) is 5.78 Å². The number of hydrogen-bond acceptors (Lipinski definition) is 4. The molecule has 117 valence electrons. The van der Waals surface area contributed by atoms with E-state index >= 15 is 0 Å². The quantitative estimate of drug-likeness (QED) is 0.436. The summed E-state index contributed by atoms with van der Waals surface area (Å²) in [6.07, 6.45) is 0. The van der Waals surface area contributed by atoms with Gasteiger partial charge in [-0.1, -0.05) is 48.5 Å². The van der Waals surface area contributed by atoms with Gasteiger partial charge in [-0.15, -0.1) is 0 Å². The molecule has 0 aliphatic rings. The number of rotatable bonds is 4. The number of carbonyl (C=O) groups excluding carboxylic acids is 1. The molecule has 3 rings (SSSR count). The fourth-order valence-corrected chi connectivity index (χ4v) is 2.64. The van der Waals surface area contributed by atoms with Crippen molar-refractivity contribution in [2.75, 3.05) is 0 Å². The van der Waals surface area contributed by atoms with Gasteiger partial charge in [0, 0.05) is 62.5 Å². The minimum atomic E-state index is -4.56. The molecule has 24 heavy (non-hydrogen) atoms. The first-order chi connectivity index (χ1) is 10.9. The van der Waals surface area contributed by atoms with Crippen LogP contribution in [0.5, 0.6) is 5.75 Å². The van der Waals surface area contributed by atoms with Crippen molar-refractivity contribution >= 4 is 78.3 Å². The van der Waals surface area contributed by atoms with Crippen molar-refractivity contribution in [3.05, 3.63) is 77.9 Å². The van der Waals surface area contributed by atoms with E-state index in [0.717, 1.165) is 5.39 Å². The van der Waals surface area contributed by atoms with Crippen molar-refractivity contribution in [3.63, 3.8) is 0 Å². The third kappa shape index (κ3) is 4.73. The summed E-state index contributed by atoms with van der Waals surface area (Å²) in [6.45, 7) is 0. The maximum atomic E-state index is 12.4. The second-order valence-electron chi connectivity index (χ2n) is 4.93. The van der Waals surface area contributed by atoms with Crippen molar-refractivity contribution < 1.29 is 21.9 Å². The number of fused-ring (bicyclic) bond motifs is 1. The Hall–Kier alpha value is -1.06. The molecule has 0 saturated heterocycles. The average molecular weight is 367 g/mol. The Balaban J connectivity index is 0.00000208. The normalized spacial score (nSPS) is 10.9. The Morgan fingerprint density at radius 2 is 1.46 bits per heavy atom. The van der Waals surface area contributed by atoms with Crippen LogP contribution in [0, 0.1) is 0 Å². The van der Waals surface area contributed by atoms with E-state index in [9.17, 15) is 13.2 Å². The third-order valence-electron chi connectivity index (χ3n) is 3.31. The van der Waals surface area contributed by atoms with Gasteiger partial charge in [-0.3, -0.25) is 9.35 Å². The molecule has 1 radical (unpaired) electrons. The minimum absolute atomic E-state index is 0. The van der Waals surface area contributed by atoms with Crippen LogP contribution in [0.25, 0.3) is 10.8 Å². The Kier molecular flexibility index (Phi) is 6.32. The second kappa shape index (κ2) is 7.88. The molecule has 0 heterocycles. The van der Waals surface area contributed by atoms with Crippen LogP contribution >= 0.6 is 0 Å². The molecule has 0 aliphatic heterocycles. The topological polar surface area (TPSA) is 80.7 Å². The summed E-state index contributed by atoms with van der Waals surface area (Å²) in [5, 5.41) is 1.45. The van der Waals surface area contributed by atoms with E-state index < -0.39 is 10.4 Å². The molecule has 0 spiro atoms. The summed E-state index contributed by atoms with van der Waals surface area (Å²) in [5.74, 6) is -0.0899. The molecular formula is C17H12KO5S. The molecule has 0 unspecified atom stereocenters. The Bertz CT molecular complexity index is 984. The monoisotopic (exact) mass is 367 g/mol. The van der Waals surface area contributed by atoms with Crippen LogP contribution < -0.4 is 4.18 Å². The van der Waals surface area contributed by atoms with Crippen molar-refractivity contribution in [1.82, 2.24) is 0 Å². The smallest absolute Gasteiger partial charge is 0.362 e. The molecular weight excluding hydrogens is 355 g/mol. The van der Waals surface area contributed by atoms with Crippen LogP contribution in [0.3, 0.4) is 0 Å². The summed E-state index contributed by atoms with van der Waals surface area (Å²) < 4.78 is 34.6. The van der Waals surface area contributed by atoms with Crippen molar-refractivity contribution in [3.8, 4) is 5.75 Å². The standard InChI is InChI=1S/C17H12O5S.K/c18-17(12-4-2-1-3-5-12)15-7-6-14-11-16(22-23(19,20)21)9-8-13(14)10-15;/h1-11H,(H,19,20,21);. The van der Waals surface area contributed by atoms with Gasteiger partial charge in [-0.25, -0.2) is 0 Å². The molecule has 0 aliphatic carbocycles. The number of carbonyl (C=O) groups is 1. The van der Waals surface area contributed by atoms with Crippen molar-refractivity contribution in [2.24, 2.45) is 0 Å². The van der Waals surface area contributed by atoms with E-state index in [1.54, 1.807) is 48.5 Å². The Morgan fingerprint density at radius 1 is 0.833 bits per heavy atom. The number of hydrogen-bond donors (Lipinski definition) is 1. The first kappa shape index (κ1) is 19.3. The van der Waals surface area contributed by atoms with Crippen molar-refractivity contribution in [2.45, 2.75) is 0 Å². The van der Waals surface area contributed by atoms with Crippen LogP contribution in [0.4, 0.5) is 0 Å². The predicted molar refractivity (Wildman–Crippen MR) is 91.8 cm³/mol. The van der Waals surface area contributed by atoms with Gasteiger partial charge in [0.1, 0.15) is 5.75 Å². The summed E-state index contributed by atoms with van der Waals surface area (Å²) in [7, 11) is -4.56. The molecule has 0 bridgehead atoms. The van der Waals surface area contributed by atoms with Crippen molar-refractivity contribution in [1.29, 1.82) is 0 Å². The largest absolute Gasteiger partial charge is 0.446 e. The summed E-state index contributed by atoms with van der Waals surface area (Å²) >= 11 is 0. The van der Waals surface area contributed by atoms with Gasteiger partial charge in [-0.05, 0) is 29.0 Å². The molecule has 7 heteroatoms. The zero-order valence-electron chi connectivity index (χ0n) is 12.8. The van der Waals surface area contributed by atoms with E-state index in [4.69, 9.17) is 4.55 Å². The summed E-state index contributed by atoms with van der Waals surface area (Å²) in [6, 6.07) is 18.5.